The van der Waals surface area contributed by atoms with E-state index in [-0.39, 0.29) is 17.8 Å². The maximum atomic E-state index is 13.2. The SMILES string of the molecule is CC1COC(=O)c2c(-c3ccc(F)cc3)c3ccccc3n21. The van der Waals surface area contributed by atoms with Crippen molar-refractivity contribution in [1.82, 2.24) is 4.57 Å². The molecule has 2 aromatic carbocycles. The highest BCUT2D eigenvalue weighted by molar-refractivity contribution is 6.09. The number of halogens is 1. The van der Waals surface area contributed by atoms with Gasteiger partial charge in [0.1, 0.15) is 18.1 Å². The summed E-state index contributed by atoms with van der Waals surface area (Å²) in [6.07, 6.45) is 0. The van der Waals surface area contributed by atoms with Crippen LogP contribution in [0.25, 0.3) is 22.0 Å². The monoisotopic (exact) mass is 295 g/mol. The number of cyclic esters (lactones) is 1. The summed E-state index contributed by atoms with van der Waals surface area (Å²) in [5.74, 6) is -0.620. The number of benzene rings is 2. The van der Waals surface area contributed by atoms with Gasteiger partial charge < -0.3 is 9.30 Å². The van der Waals surface area contributed by atoms with Crippen molar-refractivity contribution in [2.45, 2.75) is 13.0 Å². The number of hydrogen-bond acceptors (Lipinski definition) is 2. The van der Waals surface area contributed by atoms with Crippen LogP contribution in [-0.4, -0.2) is 17.1 Å². The third-order valence-electron chi connectivity index (χ3n) is 4.13. The number of carbonyl (C=O) groups excluding carboxylic acids is 1. The van der Waals surface area contributed by atoms with Crippen molar-refractivity contribution in [1.29, 1.82) is 0 Å². The number of para-hydroxylation sites is 1. The number of ether oxygens (including phenoxy) is 1. The van der Waals surface area contributed by atoms with Crippen molar-refractivity contribution in [2.75, 3.05) is 6.61 Å². The molecule has 110 valence electrons. The fourth-order valence-electron chi connectivity index (χ4n) is 3.17. The molecule has 3 aromatic rings. The molecule has 0 spiro atoms. The first kappa shape index (κ1) is 13.1. The van der Waals surface area contributed by atoms with Gasteiger partial charge in [-0.2, -0.15) is 0 Å². The van der Waals surface area contributed by atoms with Gasteiger partial charge in [-0.15, -0.1) is 0 Å². The fraction of sp³-hybridized carbons (Fsp3) is 0.167. The molecule has 22 heavy (non-hydrogen) atoms. The van der Waals surface area contributed by atoms with Crippen molar-refractivity contribution in [2.24, 2.45) is 0 Å². The summed E-state index contributed by atoms with van der Waals surface area (Å²) in [6.45, 7) is 2.39. The number of esters is 1. The quantitative estimate of drug-likeness (QED) is 0.631. The zero-order chi connectivity index (χ0) is 15.3. The summed E-state index contributed by atoms with van der Waals surface area (Å²) in [7, 11) is 0. The normalized spacial score (nSPS) is 17.4. The van der Waals surface area contributed by atoms with Crippen LogP contribution in [0.1, 0.15) is 23.5 Å². The number of aromatic nitrogens is 1. The Morgan fingerprint density at radius 2 is 1.86 bits per heavy atom. The molecular formula is C18H14FNO2. The summed E-state index contributed by atoms with van der Waals surface area (Å²) < 4.78 is 20.5. The van der Waals surface area contributed by atoms with Crippen molar-refractivity contribution in [3.8, 4) is 11.1 Å². The molecule has 0 fully saturated rings. The second kappa shape index (κ2) is 4.70. The van der Waals surface area contributed by atoms with Crippen LogP contribution in [0, 0.1) is 5.82 Å². The summed E-state index contributed by atoms with van der Waals surface area (Å²) >= 11 is 0. The third-order valence-corrected chi connectivity index (χ3v) is 4.13. The van der Waals surface area contributed by atoms with E-state index in [2.05, 4.69) is 0 Å². The largest absolute Gasteiger partial charge is 0.459 e. The van der Waals surface area contributed by atoms with Crippen LogP contribution in [0.5, 0.6) is 0 Å². The second-order valence-electron chi connectivity index (χ2n) is 5.57. The Bertz CT molecular complexity index is 880. The van der Waals surface area contributed by atoms with Gasteiger partial charge in [0, 0.05) is 16.5 Å². The van der Waals surface area contributed by atoms with Gasteiger partial charge in [-0.05, 0) is 30.7 Å². The van der Waals surface area contributed by atoms with Crippen LogP contribution >= 0.6 is 0 Å². The van der Waals surface area contributed by atoms with E-state index < -0.39 is 0 Å². The van der Waals surface area contributed by atoms with Crippen LogP contribution < -0.4 is 0 Å². The van der Waals surface area contributed by atoms with E-state index in [4.69, 9.17) is 4.74 Å². The molecule has 4 heteroatoms. The standard InChI is InChI=1S/C18H14FNO2/c1-11-10-22-18(21)17-16(12-6-8-13(19)9-7-12)14-4-2-3-5-15(14)20(11)17/h2-9,11H,10H2,1H3. The molecule has 1 aliphatic heterocycles. The first-order valence-corrected chi connectivity index (χ1v) is 7.23. The molecule has 0 bridgehead atoms. The second-order valence-corrected chi connectivity index (χ2v) is 5.57. The first-order valence-electron chi connectivity index (χ1n) is 7.23. The fourth-order valence-corrected chi connectivity index (χ4v) is 3.17. The van der Waals surface area contributed by atoms with Crippen LogP contribution in [0.3, 0.4) is 0 Å². The van der Waals surface area contributed by atoms with Crippen LogP contribution in [0.2, 0.25) is 0 Å². The Morgan fingerprint density at radius 3 is 2.64 bits per heavy atom. The number of rotatable bonds is 1. The molecular weight excluding hydrogens is 281 g/mol. The van der Waals surface area contributed by atoms with Gasteiger partial charge in [0.05, 0.1) is 6.04 Å². The van der Waals surface area contributed by atoms with Gasteiger partial charge in [0.15, 0.2) is 0 Å². The number of carbonyl (C=O) groups is 1. The van der Waals surface area contributed by atoms with Crippen molar-refractivity contribution in [3.05, 3.63) is 60.0 Å². The zero-order valence-electron chi connectivity index (χ0n) is 12.0. The average Bonchev–Trinajstić information content (AvgIpc) is 2.88. The van der Waals surface area contributed by atoms with E-state index in [0.29, 0.717) is 12.3 Å². The lowest BCUT2D eigenvalue weighted by atomic mass is 10.0. The summed E-state index contributed by atoms with van der Waals surface area (Å²) in [5.41, 5.74) is 3.18. The predicted molar refractivity (Wildman–Crippen MR) is 82.3 cm³/mol. The van der Waals surface area contributed by atoms with Crippen molar-refractivity contribution >= 4 is 16.9 Å². The van der Waals surface area contributed by atoms with E-state index in [0.717, 1.165) is 22.0 Å². The number of nitrogens with zero attached hydrogens (tertiary/aromatic N) is 1. The smallest absolute Gasteiger partial charge is 0.355 e. The zero-order valence-corrected chi connectivity index (χ0v) is 12.0. The van der Waals surface area contributed by atoms with Gasteiger partial charge in [-0.25, -0.2) is 9.18 Å². The maximum Gasteiger partial charge on any atom is 0.355 e. The van der Waals surface area contributed by atoms with Crippen LogP contribution in [0.15, 0.2) is 48.5 Å². The molecule has 0 saturated carbocycles. The molecule has 0 N–H and O–H groups in total. The Kier molecular flexibility index (Phi) is 2.79. The van der Waals surface area contributed by atoms with Gasteiger partial charge in [-0.3, -0.25) is 0 Å². The minimum atomic E-state index is -0.325. The van der Waals surface area contributed by atoms with Gasteiger partial charge in [0.2, 0.25) is 0 Å². The lowest BCUT2D eigenvalue weighted by Crippen LogP contribution is -2.26. The van der Waals surface area contributed by atoms with E-state index >= 15 is 0 Å². The molecule has 1 atom stereocenters. The van der Waals surface area contributed by atoms with Crippen LogP contribution in [0.4, 0.5) is 4.39 Å². The Morgan fingerprint density at radius 1 is 1.14 bits per heavy atom. The summed E-state index contributed by atoms with van der Waals surface area (Å²) in [4.78, 5) is 12.3. The highest BCUT2D eigenvalue weighted by Gasteiger charge is 2.31. The molecule has 4 rings (SSSR count). The molecule has 0 saturated heterocycles. The molecule has 0 radical (unpaired) electrons. The topological polar surface area (TPSA) is 31.2 Å². The minimum absolute atomic E-state index is 0.0757. The molecule has 2 heterocycles. The highest BCUT2D eigenvalue weighted by atomic mass is 19.1. The van der Waals surface area contributed by atoms with Crippen molar-refractivity contribution in [3.63, 3.8) is 0 Å². The van der Waals surface area contributed by atoms with Gasteiger partial charge in [0.25, 0.3) is 0 Å². The molecule has 0 aliphatic carbocycles. The Labute approximate surface area is 126 Å². The van der Waals surface area contributed by atoms with Gasteiger partial charge >= 0.3 is 5.97 Å². The van der Waals surface area contributed by atoms with Gasteiger partial charge in [-0.1, -0.05) is 30.3 Å². The van der Waals surface area contributed by atoms with Crippen LogP contribution in [-0.2, 0) is 4.74 Å². The molecule has 3 nitrogen and oxygen atoms in total. The summed E-state index contributed by atoms with van der Waals surface area (Å²) in [6, 6.07) is 14.2. The molecule has 0 amide bonds. The van der Waals surface area contributed by atoms with Crippen molar-refractivity contribution < 1.29 is 13.9 Å². The Hall–Kier alpha value is -2.62. The average molecular weight is 295 g/mol. The third kappa shape index (κ3) is 1.77. The molecule has 1 aromatic heterocycles. The number of fused-ring (bicyclic) bond motifs is 3. The van der Waals surface area contributed by atoms with E-state index in [1.54, 1.807) is 12.1 Å². The summed E-state index contributed by atoms with van der Waals surface area (Å²) in [5, 5.41) is 0.981. The lowest BCUT2D eigenvalue weighted by Gasteiger charge is -2.23. The molecule has 1 unspecified atom stereocenters. The Balaban J connectivity index is 2.12. The lowest BCUT2D eigenvalue weighted by molar-refractivity contribution is 0.0375. The minimum Gasteiger partial charge on any atom is -0.459 e. The maximum absolute atomic E-state index is 13.2. The highest BCUT2D eigenvalue weighted by Crippen LogP contribution is 2.39. The predicted octanol–water partition coefficient (Wildman–Crippen LogP) is 4.18. The molecule has 1 aliphatic rings. The first-order chi connectivity index (χ1) is 10.7. The number of hydrogen-bond donors (Lipinski definition) is 0. The van der Waals surface area contributed by atoms with E-state index in [1.165, 1.54) is 12.1 Å². The van der Waals surface area contributed by atoms with E-state index in [9.17, 15) is 9.18 Å². The van der Waals surface area contributed by atoms with E-state index in [1.807, 2.05) is 35.8 Å².